The molecular formula is C12H20F3N3O3S. The lowest BCUT2D eigenvalue weighted by Gasteiger charge is -2.37. The minimum absolute atomic E-state index is 0.0191. The Morgan fingerprint density at radius 2 is 1.95 bits per heavy atom. The number of nitrogens with zero attached hydrogens (tertiary/aromatic N) is 1. The zero-order valence-electron chi connectivity index (χ0n) is 12.2. The van der Waals surface area contributed by atoms with Gasteiger partial charge in [-0.3, -0.25) is 0 Å². The number of carbonyl (C=O) groups is 1. The fourth-order valence-corrected chi connectivity index (χ4v) is 3.10. The van der Waals surface area contributed by atoms with Crippen LogP contribution in [-0.4, -0.2) is 56.5 Å². The number of likely N-dealkylation sites (tertiary alicyclic amines) is 1. The van der Waals surface area contributed by atoms with Gasteiger partial charge < -0.3 is 10.2 Å². The molecule has 1 atom stereocenters. The summed E-state index contributed by atoms with van der Waals surface area (Å²) in [6.07, 6.45) is -1.60. The van der Waals surface area contributed by atoms with Crippen LogP contribution < -0.4 is 10.0 Å². The minimum Gasteiger partial charge on any atom is -0.323 e. The summed E-state index contributed by atoms with van der Waals surface area (Å²) in [6, 6.07) is -1.19. The third-order valence-electron chi connectivity index (χ3n) is 4.11. The molecular weight excluding hydrogens is 323 g/mol. The average molecular weight is 343 g/mol. The molecule has 0 aromatic carbocycles. The highest BCUT2D eigenvalue weighted by atomic mass is 32.2. The Morgan fingerprint density at radius 3 is 2.45 bits per heavy atom. The molecule has 1 saturated heterocycles. The fraction of sp³-hybridized carbons (Fsp3) is 0.917. The first-order valence-electron chi connectivity index (χ1n) is 7.14. The van der Waals surface area contributed by atoms with E-state index in [1.807, 2.05) is 0 Å². The second-order valence-corrected chi connectivity index (χ2v) is 7.81. The van der Waals surface area contributed by atoms with Crippen LogP contribution in [0.5, 0.6) is 0 Å². The monoisotopic (exact) mass is 343 g/mol. The van der Waals surface area contributed by atoms with Gasteiger partial charge in [0, 0.05) is 19.1 Å². The van der Waals surface area contributed by atoms with Crippen LogP contribution in [0.2, 0.25) is 0 Å². The molecule has 1 heterocycles. The first-order valence-corrected chi connectivity index (χ1v) is 9.03. The standard InChI is InChI=1S/C12H20F3N3O3S/c1-22(20,21)16-8-9-4-2-3-7-18(9)10(19)17-11(5-6-11)12(13,14)15/h9,16H,2-8H2,1H3,(H,17,19). The van der Waals surface area contributed by atoms with Crippen molar-refractivity contribution in [3.63, 3.8) is 0 Å². The van der Waals surface area contributed by atoms with E-state index < -0.39 is 33.8 Å². The van der Waals surface area contributed by atoms with Crippen LogP contribution in [0.3, 0.4) is 0 Å². The topological polar surface area (TPSA) is 78.5 Å². The van der Waals surface area contributed by atoms with Crippen LogP contribution in [0.1, 0.15) is 32.1 Å². The molecule has 2 fully saturated rings. The summed E-state index contributed by atoms with van der Waals surface area (Å²) in [5, 5.41) is 2.09. The molecule has 1 saturated carbocycles. The van der Waals surface area contributed by atoms with Crippen LogP contribution in [0.15, 0.2) is 0 Å². The van der Waals surface area contributed by atoms with Gasteiger partial charge in [-0.2, -0.15) is 13.2 Å². The highest BCUT2D eigenvalue weighted by molar-refractivity contribution is 7.88. The van der Waals surface area contributed by atoms with Crippen molar-refractivity contribution in [1.82, 2.24) is 14.9 Å². The van der Waals surface area contributed by atoms with Crippen LogP contribution in [0, 0.1) is 0 Å². The van der Waals surface area contributed by atoms with Gasteiger partial charge in [0.1, 0.15) is 5.54 Å². The van der Waals surface area contributed by atoms with E-state index in [1.165, 1.54) is 4.90 Å². The van der Waals surface area contributed by atoms with Crippen molar-refractivity contribution in [3.8, 4) is 0 Å². The molecule has 0 bridgehead atoms. The van der Waals surface area contributed by atoms with Gasteiger partial charge in [0.05, 0.1) is 6.26 Å². The summed E-state index contributed by atoms with van der Waals surface area (Å²) in [7, 11) is -3.41. The van der Waals surface area contributed by atoms with Crippen LogP contribution in [-0.2, 0) is 10.0 Å². The smallest absolute Gasteiger partial charge is 0.323 e. The number of piperidine rings is 1. The zero-order chi connectivity index (χ0) is 16.6. The molecule has 0 aromatic heterocycles. The van der Waals surface area contributed by atoms with Gasteiger partial charge in [-0.05, 0) is 32.1 Å². The quantitative estimate of drug-likeness (QED) is 0.805. The Bertz CT molecular complexity index is 531. The van der Waals surface area contributed by atoms with E-state index >= 15 is 0 Å². The van der Waals surface area contributed by atoms with Crippen LogP contribution in [0.4, 0.5) is 18.0 Å². The highest BCUT2D eigenvalue weighted by Crippen LogP contribution is 2.49. The molecule has 2 N–H and O–H groups in total. The molecule has 0 radical (unpaired) electrons. The van der Waals surface area contributed by atoms with E-state index in [0.717, 1.165) is 12.7 Å². The van der Waals surface area contributed by atoms with Crippen molar-refractivity contribution in [2.45, 2.75) is 49.9 Å². The average Bonchev–Trinajstić information content (AvgIpc) is 3.16. The Labute approximate surface area is 127 Å². The third-order valence-corrected chi connectivity index (χ3v) is 4.80. The van der Waals surface area contributed by atoms with E-state index in [0.29, 0.717) is 19.4 Å². The minimum atomic E-state index is -4.46. The lowest BCUT2D eigenvalue weighted by Crippen LogP contribution is -2.57. The Morgan fingerprint density at radius 1 is 1.32 bits per heavy atom. The number of alkyl halides is 3. The summed E-state index contributed by atoms with van der Waals surface area (Å²) in [6.45, 7) is 0.348. The van der Waals surface area contributed by atoms with Gasteiger partial charge in [-0.25, -0.2) is 17.9 Å². The maximum Gasteiger partial charge on any atom is 0.411 e. The number of rotatable bonds is 4. The summed E-state index contributed by atoms with van der Waals surface area (Å²) in [5.41, 5.74) is -2.10. The summed E-state index contributed by atoms with van der Waals surface area (Å²) in [4.78, 5) is 13.5. The molecule has 0 spiro atoms. The molecule has 0 aromatic rings. The van der Waals surface area contributed by atoms with Crippen LogP contribution in [0.25, 0.3) is 0 Å². The Balaban J connectivity index is 2.00. The van der Waals surface area contributed by atoms with E-state index in [2.05, 4.69) is 10.0 Å². The largest absolute Gasteiger partial charge is 0.411 e. The van der Waals surface area contributed by atoms with Crippen molar-refractivity contribution < 1.29 is 26.4 Å². The van der Waals surface area contributed by atoms with Crippen molar-refractivity contribution in [2.75, 3.05) is 19.3 Å². The second kappa shape index (κ2) is 5.88. The van der Waals surface area contributed by atoms with Crippen molar-refractivity contribution in [2.24, 2.45) is 0 Å². The normalized spacial score (nSPS) is 24.9. The summed E-state index contributed by atoms with van der Waals surface area (Å²) < 4.78 is 63.3. The third kappa shape index (κ3) is 4.03. The number of hydrogen-bond donors (Lipinski definition) is 2. The first-order chi connectivity index (χ1) is 10.0. The van der Waals surface area contributed by atoms with Crippen LogP contribution >= 0.6 is 0 Å². The molecule has 22 heavy (non-hydrogen) atoms. The molecule has 1 unspecified atom stereocenters. The maximum atomic E-state index is 12.9. The maximum absolute atomic E-state index is 12.9. The summed E-state index contributed by atoms with van der Waals surface area (Å²) in [5.74, 6) is 0. The predicted molar refractivity (Wildman–Crippen MR) is 73.7 cm³/mol. The first kappa shape index (κ1) is 17.3. The number of halogens is 3. The van der Waals surface area contributed by atoms with E-state index in [1.54, 1.807) is 0 Å². The Kier molecular flexibility index (Phi) is 4.63. The molecule has 1 aliphatic carbocycles. The van der Waals surface area contributed by atoms with Gasteiger partial charge in [0.2, 0.25) is 10.0 Å². The highest BCUT2D eigenvalue weighted by Gasteiger charge is 2.64. The van der Waals surface area contributed by atoms with Crippen molar-refractivity contribution >= 4 is 16.1 Å². The van der Waals surface area contributed by atoms with Gasteiger partial charge in [0.25, 0.3) is 0 Å². The zero-order valence-corrected chi connectivity index (χ0v) is 13.1. The summed E-state index contributed by atoms with van der Waals surface area (Å²) >= 11 is 0. The molecule has 2 rings (SSSR count). The van der Waals surface area contributed by atoms with Gasteiger partial charge in [-0.1, -0.05) is 0 Å². The molecule has 6 nitrogen and oxygen atoms in total. The van der Waals surface area contributed by atoms with Gasteiger partial charge in [0.15, 0.2) is 0 Å². The van der Waals surface area contributed by atoms with Crippen molar-refractivity contribution in [3.05, 3.63) is 0 Å². The number of urea groups is 1. The number of amides is 2. The van der Waals surface area contributed by atoms with E-state index in [9.17, 15) is 26.4 Å². The molecule has 2 aliphatic rings. The SMILES string of the molecule is CS(=O)(=O)NCC1CCCCN1C(=O)NC1(C(F)(F)F)CC1. The second-order valence-electron chi connectivity index (χ2n) is 5.97. The van der Waals surface area contributed by atoms with E-state index in [4.69, 9.17) is 0 Å². The fourth-order valence-electron chi connectivity index (χ4n) is 2.61. The van der Waals surface area contributed by atoms with Gasteiger partial charge in [-0.15, -0.1) is 0 Å². The number of nitrogens with one attached hydrogen (secondary N) is 2. The predicted octanol–water partition coefficient (Wildman–Crippen LogP) is 1.19. The molecule has 2 amide bonds. The number of hydrogen-bond acceptors (Lipinski definition) is 3. The van der Waals surface area contributed by atoms with Crippen molar-refractivity contribution in [1.29, 1.82) is 0 Å². The lowest BCUT2D eigenvalue weighted by molar-refractivity contribution is -0.163. The number of sulfonamides is 1. The Hall–Kier alpha value is -1.03. The lowest BCUT2D eigenvalue weighted by atomic mass is 10.0. The van der Waals surface area contributed by atoms with Gasteiger partial charge >= 0.3 is 12.2 Å². The van der Waals surface area contributed by atoms with E-state index in [-0.39, 0.29) is 19.4 Å². The molecule has 10 heteroatoms. The molecule has 1 aliphatic heterocycles. The number of carbonyl (C=O) groups excluding carboxylic acids is 1. The molecule has 128 valence electrons.